The van der Waals surface area contributed by atoms with Crippen molar-refractivity contribution in [2.45, 2.75) is 38.1 Å². The minimum absolute atomic E-state index is 0.123. The van der Waals surface area contributed by atoms with Gasteiger partial charge in [-0.1, -0.05) is 0 Å². The number of fused-ring (bicyclic) bond motifs is 1. The standard InChI is InChI=1S/C11H13ClF4N4/c1-5(12)8-17-7-6(2)18-19(3)9(7)20(8)4-11(15,16)10(13)14/h5,10H,4H2,1-3H3. The number of nitrogens with zero attached hydrogens (tertiary/aromatic N) is 4. The number of hydrogen-bond donors (Lipinski definition) is 0. The van der Waals surface area contributed by atoms with Gasteiger partial charge in [0.1, 0.15) is 11.3 Å². The lowest BCUT2D eigenvalue weighted by Crippen LogP contribution is -2.33. The largest absolute Gasteiger partial charge is 0.324 e. The van der Waals surface area contributed by atoms with Gasteiger partial charge >= 0.3 is 12.3 Å². The second-order valence-corrected chi connectivity index (χ2v) is 5.27. The molecular formula is C11H13ClF4N4. The van der Waals surface area contributed by atoms with E-state index in [2.05, 4.69) is 10.1 Å². The topological polar surface area (TPSA) is 35.6 Å². The first-order valence-corrected chi connectivity index (χ1v) is 6.28. The van der Waals surface area contributed by atoms with Gasteiger partial charge in [-0.15, -0.1) is 11.6 Å². The first kappa shape index (κ1) is 15.1. The van der Waals surface area contributed by atoms with Gasteiger partial charge in [0.15, 0.2) is 5.65 Å². The molecule has 0 spiro atoms. The number of imidazole rings is 1. The quantitative estimate of drug-likeness (QED) is 0.641. The number of aromatic nitrogens is 4. The summed E-state index contributed by atoms with van der Waals surface area (Å²) in [4.78, 5) is 4.15. The van der Waals surface area contributed by atoms with Gasteiger partial charge in [0.2, 0.25) is 0 Å². The van der Waals surface area contributed by atoms with E-state index in [1.807, 2.05) is 0 Å². The summed E-state index contributed by atoms with van der Waals surface area (Å²) in [5, 5.41) is 3.36. The van der Waals surface area contributed by atoms with Gasteiger partial charge in [-0.2, -0.15) is 13.9 Å². The lowest BCUT2D eigenvalue weighted by atomic mass is 10.3. The van der Waals surface area contributed by atoms with E-state index in [0.29, 0.717) is 11.2 Å². The average Bonchev–Trinajstić information content (AvgIpc) is 2.79. The highest BCUT2D eigenvalue weighted by Gasteiger charge is 2.42. The molecule has 0 amide bonds. The summed E-state index contributed by atoms with van der Waals surface area (Å²) < 4.78 is 53.9. The molecule has 0 radical (unpaired) electrons. The Morgan fingerprint density at radius 1 is 1.35 bits per heavy atom. The summed E-state index contributed by atoms with van der Waals surface area (Å²) in [5.41, 5.74) is 1.17. The Balaban J connectivity index is 2.63. The Morgan fingerprint density at radius 2 is 1.95 bits per heavy atom. The van der Waals surface area contributed by atoms with Crippen molar-refractivity contribution in [2.24, 2.45) is 7.05 Å². The third-order valence-electron chi connectivity index (χ3n) is 2.96. The molecule has 0 aromatic carbocycles. The van der Waals surface area contributed by atoms with Crippen molar-refractivity contribution < 1.29 is 17.6 Å². The van der Waals surface area contributed by atoms with Gasteiger partial charge in [-0.05, 0) is 13.8 Å². The molecule has 0 aliphatic rings. The van der Waals surface area contributed by atoms with Crippen LogP contribution in [0.3, 0.4) is 0 Å². The summed E-state index contributed by atoms with van der Waals surface area (Å²) in [7, 11) is 1.54. The Morgan fingerprint density at radius 3 is 2.45 bits per heavy atom. The third kappa shape index (κ3) is 2.36. The average molecular weight is 313 g/mol. The van der Waals surface area contributed by atoms with Crippen molar-refractivity contribution >= 4 is 22.8 Å². The van der Waals surface area contributed by atoms with Gasteiger partial charge in [0.05, 0.1) is 17.6 Å². The van der Waals surface area contributed by atoms with E-state index in [1.165, 1.54) is 11.7 Å². The van der Waals surface area contributed by atoms with Gasteiger partial charge in [0, 0.05) is 7.05 Å². The van der Waals surface area contributed by atoms with Gasteiger partial charge in [-0.25, -0.2) is 13.8 Å². The Bertz CT molecular complexity index is 632. The van der Waals surface area contributed by atoms with Crippen LogP contribution in [-0.4, -0.2) is 31.7 Å². The molecule has 0 N–H and O–H groups in total. The van der Waals surface area contributed by atoms with E-state index >= 15 is 0 Å². The van der Waals surface area contributed by atoms with Crippen LogP contribution in [0.5, 0.6) is 0 Å². The second-order valence-electron chi connectivity index (χ2n) is 4.62. The molecule has 0 saturated carbocycles. The van der Waals surface area contributed by atoms with Crippen LogP contribution in [0, 0.1) is 6.92 Å². The summed E-state index contributed by atoms with van der Waals surface area (Å²) in [6.07, 6.45) is -3.76. The summed E-state index contributed by atoms with van der Waals surface area (Å²) in [5.74, 6) is -4.04. The molecule has 0 aliphatic carbocycles. The van der Waals surface area contributed by atoms with Crippen LogP contribution in [0.1, 0.15) is 23.8 Å². The third-order valence-corrected chi connectivity index (χ3v) is 3.16. The van der Waals surface area contributed by atoms with E-state index in [0.717, 1.165) is 4.57 Å². The van der Waals surface area contributed by atoms with E-state index in [4.69, 9.17) is 11.6 Å². The predicted octanol–water partition coefficient (Wildman–Crippen LogP) is 3.28. The van der Waals surface area contributed by atoms with Crippen LogP contribution in [0.25, 0.3) is 11.2 Å². The number of halogens is 5. The second kappa shape index (κ2) is 4.91. The van der Waals surface area contributed by atoms with E-state index < -0.39 is 24.3 Å². The highest BCUT2D eigenvalue weighted by Crippen LogP contribution is 2.31. The number of alkyl halides is 5. The first-order chi connectivity index (χ1) is 9.15. The molecule has 2 aromatic heterocycles. The van der Waals surface area contributed by atoms with Crippen LogP contribution in [0.2, 0.25) is 0 Å². The first-order valence-electron chi connectivity index (χ1n) is 5.85. The van der Waals surface area contributed by atoms with E-state index in [1.54, 1.807) is 13.8 Å². The molecule has 1 atom stereocenters. The summed E-state index contributed by atoms with van der Waals surface area (Å²) >= 11 is 5.90. The normalized spacial score (nSPS) is 14.4. The molecule has 112 valence electrons. The molecule has 2 heterocycles. The Kier molecular flexibility index (Phi) is 3.70. The zero-order valence-electron chi connectivity index (χ0n) is 11.0. The summed E-state index contributed by atoms with van der Waals surface area (Å²) in [6.45, 7) is 2.02. The van der Waals surface area contributed by atoms with Gasteiger partial charge < -0.3 is 4.57 Å². The van der Waals surface area contributed by atoms with Crippen molar-refractivity contribution in [3.05, 3.63) is 11.5 Å². The van der Waals surface area contributed by atoms with Crippen molar-refractivity contribution in [3.63, 3.8) is 0 Å². The summed E-state index contributed by atoms with van der Waals surface area (Å²) in [6, 6.07) is 0. The highest BCUT2D eigenvalue weighted by atomic mass is 35.5. The van der Waals surface area contributed by atoms with Crippen molar-refractivity contribution in [2.75, 3.05) is 0 Å². The fourth-order valence-corrected chi connectivity index (χ4v) is 2.26. The minimum Gasteiger partial charge on any atom is -0.305 e. The molecule has 2 rings (SSSR count). The molecule has 2 aromatic rings. The van der Waals surface area contributed by atoms with Crippen LogP contribution in [0.4, 0.5) is 17.6 Å². The van der Waals surface area contributed by atoms with Crippen molar-refractivity contribution in [3.8, 4) is 0 Å². The number of hydrogen-bond acceptors (Lipinski definition) is 2. The van der Waals surface area contributed by atoms with Crippen LogP contribution in [0.15, 0.2) is 0 Å². The fraction of sp³-hybridized carbons (Fsp3) is 0.636. The fourth-order valence-electron chi connectivity index (χ4n) is 2.09. The molecule has 20 heavy (non-hydrogen) atoms. The van der Waals surface area contributed by atoms with Crippen LogP contribution < -0.4 is 0 Å². The maximum atomic E-state index is 13.3. The van der Waals surface area contributed by atoms with Gasteiger partial charge in [0.25, 0.3) is 0 Å². The molecule has 0 aliphatic heterocycles. The molecule has 0 fully saturated rings. The minimum atomic E-state index is -4.16. The molecule has 1 unspecified atom stereocenters. The predicted molar refractivity (Wildman–Crippen MR) is 66.5 cm³/mol. The molecule has 0 bridgehead atoms. The van der Waals surface area contributed by atoms with Crippen molar-refractivity contribution in [1.82, 2.24) is 19.3 Å². The monoisotopic (exact) mass is 312 g/mol. The maximum Gasteiger partial charge on any atom is 0.324 e. The number of rotatable bonds is 4. The SMILES string of the molecule is Cc1nn(C)c2c1nc(C(C)Cl)n2CC(F)(F)C(F)F. The molecule has 9 heteroatoms. The smallest absolute Gasteiger partial charge is 0.305 e. The van der Waals surface area contributed by atoms with E-state index in [9.17, 15) is 17.6 Å². The van der Waals surface area contributed by atoms with Crippen LogP contribution in [-0.2, 0) is 13.6 Å². The van der Waals surface area contributed by atoms with E-state index in [-0.39, 0.29) is 11.5 Å². The number of aryl methyl sites for hydroxylation is 2. The molecule has 0 saturated heterocycles. The Labute approximate surface area is 117 Å². The van der Waals surface area contributed by atoms with Crippen molar-refractivity contribution in [1.29, 1.82) is 0 Å². The molecule has 4 nitrogen and oxygen atoms in total. The highest BCUT2D eigenvalue weighted by molar-refractivity contribution is 6.20. The zero-order chi connectivity index (χ0) is 15.2. The zero-order valence-corrected chi connectivity index (χ0v) is 11.8. The Hall–Kier alpha value is -1.31. The lowest BCUT2D eigenvalue weighted by molar-refractivity contribution is -0.137. The molecular weight excluding hydrogens is 300 g/mol. The maximum absolute atomic E-state index is 13.3. The van der Waals surface area contributed by atoms with Gasteiger partial charge in [-0.3, -0.25) is 4.68 Å². The van der Waals surface area contributed by atoms with Crippen LogP contribution >= 0.6 is 11.6 Å². The lowest BCUT2D eigenvalue weighted by Gasteiger charge is -2.18.